The average molecular weight is 504 g/mol. The molecule has 6 heteroatoms. The van der Waals surface area contributed by atoms with Gasteiger partial charge in [-0.25, -0.2) is 4.39 Å². The number of hydrogen-bond acceptors (Lipinski definition) is 5. The Labute approximate surface area is 217 Å². The van der Waals surface area contributed by atoms with Gasteiger partial charge < -0.3 is 14.9 Å². The number of rotatable bonds is 8. The van der Waals surface area contributed by atoms with Crippen molar-refractivity contribution in [3.8, 4) is 0 Å². The maximum atomic E-state index is 13.1. The van der Waals surface area contributed by atoms with Crippen molar-refractivity contribution in [3.63, 3.8) is 0 Å². The number of aliphatic hydroxyl groups is 2. The number of benzene rings is 2. The van der Waals surface area contributed by atoms with Gasteiger partial charge >= 0.3 is 5.97 Å². The molecule has 5 rings (SSSR count). The standard InChI is InChI=1S/C31H34FNO4/c1-21(7-5-6-8-22-11-13-25(32)14-12-22)24-17-28-29(31(35,36)18-24)27-20-33(16-15-26(27)30(34)37-28)19-23-9-3-2-4-10-23/h2-4,9-14,17-18,21,26,35-36H,5-8,15-16,19-20H2,1H3. The number of nitrogens with zero attached hydrogens (tertiary/aromatic N) is 1. The molecule has 2 aliphatic heterocycles. The van der Waals surface area contributed by atoms with Crippen molar-refractivity contribution < 1.29 is 24.1 Å². The van der Waals surface area contributed by atoms with Crippen LogP contribution in [0.25, 0.3) is 0 Å². The Morgan fingerprint density at radius 1 is 1.08 bits per heavy atom. The molecular weight excluding hydrogens is 469 g/mol. The van der Waals surface area contributed by atoms with Crippen molar-refractivity contribution in [2.24, 2.45) is 11.8 Å². The normalized spacial score (nSPS) is 21.9. The average Bonchev–Trinajstić information content (AvgIpc) is 2.87. The van der Waals surface area contributed by atoms with Gasteiger partial charge in [0, 0.05) is 13.1 Å². The van der Waals surface area contributed by atoms with Gasteiger partial charge in [0.2, 0.25) is 5.79 Å². The molecule has 2 N–H and O–H groups in total. The lowest BCUT2D eigenvalue weighted by atomic mass is 9.78. The van der Waals surface area contributed by atoms with Crippen LogP contribution in [0.3, 0.4) is 0 Å². The van der Waals surface area contributed by atoms with Gasteiger partial charge in [0.15, 0.2) is 0 Å². The number of allylic oxidation sites excluding steroid dienone is 2. The van der Waals surface area contributed by atoms with E-state index in [1.165, 1.54) is 23.8 Å². The van der Waals surface area contributed by atoms with Gasteiger partial charge in [-0.15, -0.1) is 0 Å². The topological polar surface area (TPSA) is 70.0 Å². The summed E-state index contributed by atoms with van der Waals surface area (Å²) in [6.45, 7) is 4.01. The minimum absolute atomic E-state index is 0.0586. The third-order valence-electron chi connectivity index (χ3n) is 7.73. The summed E-state index contributed by atoms with van der Waals surface area (Å²) in [4.78, 5) is 15.1. The highest BCUT2D eigenvalue weighted by Gasteiger charge is 2.46. The van der Waals surface area contributed by atoms with E-state index >= 15 is 0 Å². The molecule has 37 heavy (non-hydrogen) atoms. The fourth-order valence-electron chi connectivity index (χ4n) is 5.69. The molecule has 0 aromatic heterocycles. The highest BCUT2D eigenvalue weighted by atomic mass is 19.1. The second-order valence-corrected chi connectivity index (χ2v) is 10.5. The quantitative estimate of drug-likeness (QED) is 0.300. The van der Waals surface area contributed by atoms with Crippen molar-refractivity contribution >= 4 is 5.97 Å². The summed E-state index contributed by atoms with van der Waals surface area (Å²) in [6.07, 6.45) is 7.51. The molecule has 2 aromatic rings. The number of ether oxygens (including phenoxy) is 1. The van der Waals surface area contributed by atoms with Gasteiger partial charge in [-0.1, -0.05) is 55.8 Å². The summed E-state index contributed by atoms with van der Waals surface area (Å²) >= 11 is 0. The smallest absolute Gasteiger partial charge is 0.318 e. The van der Waals surface area contributed by atoms with E-state index in [4.69, 9.17) is 4.74 Å². The Morgan fingerprint density at radius 2 is 1.84 bits per heavy atom. The third kappa shape index (κ3) is 5.77. The Morgan fingerprint density at radius 3 is 2.59 bits per heavy atom. The van der Waals surface area contributed by atoms with E-state index in [1.54, 1.807) is 0 Å². The summed E-state index contributed by atoms with van der Waals surface area (Å²) in [6, 6.07) is 16.7. The van der Waals surface area contributed by atoms with Gasteiger partial charge in [-0.05, 0) is 84.7 Å². The number of fused-ring (bicyclic) bond motifs is 2. The first-order valence-electron chi connectivity index (χ1n) is 13.2. The third-order valence-corrected chi connectivity index (χ3v) is 7.73. The number of carbonyl (C=O) groups is 1. The van der Waals surface area contributed by atoms with Crippen molar-refractivity contribution in [1.82, 2.24) is 4.90 Å². The second-order valence-electron chi connectivity index (χ2n) is 10.5. The SMILES string of the molecule is CC(CCCCc1ccc(F)cc1)C1=CC(O)(O)C2=C3CN(Cc4ccccc4)CCC3C(=O)OC2=C1. The van der Waals surface area contributed by atoms with Gasteiger partial charge in [-0.3, -0.25) is 9.69 Å². The van der Waals surface area contributed by atoms with Crippen LogP contribution in [0.2, 0.25) is 0 Å². The predicted molar refractivity (Wildman–Crippen MR) is 139 cm³/mol. The summed E-state index contributed by atoms with van der Waals surface area (Å²) in [7, 11) is 0. The maximum Gasteiger partial charge on any atom is 0.318 e. The van der Waals surface area contributed by atoms with Crippen LogP contribution < -0.4 is 0 Å². The first-order chi connectivity index (χ1) is 17.8. The zero-order valence-electron chi connectivity index (χ0n) is 21.2. The lowest BCUT2D eigenvalue weighted by Gasteiger charge is -2.41. The fourth-order valence-corrected chi connectivity index (χ4v) is 5.69. The van der Waals surface area contributed by atoms with Crippen molar-refractivity contribution in [1.29, 1.82) is 0 Å². The minimum Gasteiger partial charge on any atom is -0.426 e. The van der Waals surface area contributed by atoms with Crippen LogP contribution in [0.4, 0.5) is 4.39 Å². The number of hydrogen-bond donors (Lipinski definition) is 2. The van der Waals surface area contributed by atoms with E-state index in [0.29, 0.717) is 18.5 Å². The molecule has 2 heterocycles. The highest BCUT2D eigenvalue weighted by Crippen LogP contribution is 2.44. The summed E-state index contributed by atoms with van der Waals surface area (Å²) in [5.41, 5.74) is 4.11. The molecule has 1 fully saturated rings. The lowest BCUT2D eigenvalue weighted by Crippen LogP contribution is -2.46. The number of aryl methyl sites for hydroxylation is 1. The van der Waals surface area contributed by atoms with Crippen LogP contribution in [-0.2, 0) is 22.5 Å². The Kier molecular flexibility index (Phi) is 7.43. The molecule has 2 atom stereocenters. The van der Waals surface area contributed by atoms with E-state index in [9.17, 15) is 19.4 Å². The number of carbonyl (C=O) groups excluding carboxylic acids is 1. The summed E-state index contributed by atoms with van der Waals surface area (Å²) < 4.78 is 18.8. The number of unbranched alkanes of at least 4 members (excludes halogenated alkanes) is 1. The monoisotopic (exact) mass is 503 g/mol. The molecule has 1 aliphatic carbocycles. The van der Waals surface area contributed by atoms with Gasteiger partial charge in [0.25, 0.3) is 0 Å². The molecule has 194 valence electrons. The molecule has 2 unspecified atom stereocenters. The second kappa shape index (κ2) is 10.7. The maximum absolute atomic E-state index is 13.1. The van der Waals surface area contributed by atoms with E-state index in [1.807, 2.05) is 43.3 Å². The van der Waals surface area contributed by atoms with Crippen LogP contribution in [-0.4, -0.2) is 40.0 Å². The van der Waals surface area contributed by atoms with E-state index in [2.05, 4.69) is 17.0 Å². The van der Waals surface area contributed by atoms with E-state index in [0.717, 1.165) is 55.5 Å². The highest BCUT2D eigenvalue weighted by molar-refractivity contribution is 5.81. The molecule has 0 radical (unpaired) electrons. The van der Waals surface area contributed by atoms with E-state index < -0.39 is 11.7 Å². The van der Waals surface area contributed by atoms with Gasteiger partial charge in [-0.2, -0.15) is 0 Å². The predicted octanol–water partition coefficient (Wildman–Crippen LogP) is 5.05. The van der Waals surface area contributed by atoms with Crippen LogP contribution in [0.1, 0.15) is 43.7 Å². The largest absolute Gasteiger partial charge is 0.426 e. The van der Waals surface area contributed by atoms with Crippen LogP contribution in [0.5, 0.6) is 0 Å². The van der Waals surface area contributed by atoms with Crippen molar-refractivity contribution in [3.05, 3.63) is 106 Å². The first-order valence-corrected chi connectivity index (χ1v) is 13.2. The Hall–Kier alpha value is -3.06. The van der Waals surface area contributed by atoms with Gasteiger partial charge in [0.1, 0.15) is 11.6 Å². The Balaban J connectivity index is 1.28. The molecule has 1 saturated heterocycles. The zero-order valence-corrected chi connectivity index (χ0v) is 21.2. The number of likely N-dealkylation sites (tertiary alicyclic amines) is 1. The fraction of sp³-hybridized carbons (Fsp3) is 0.387. The molecule has 5 nitrogen and oxygen atoms in total. The van der Waals surface area contributed by atoms with Crippen LogP contribution >= 0.6 is 0 Å². The summed E-state index contributed by atoms with van der Waals surface area (Å²) in [5, 5.41) is 22.3. The van der Waals surface area contributed by atoms with Crippen molar-refractivity contribution in [2.45, 2.75) is 51.4 Å². The van der Waals surface area contributed by atoms with Crippen molar-refractivity contribution in [2.75, 3.05) is 13.1 Å². The minimum atomic E-state index is -2.19. The van der Waals surface area contributed by atoms with E-state index in [-0.39, 0.29) is 23.5 Å². The number of esters is 1. The molecule has 2 aromatic carbocycles. The first kappa shape index (κ1) is 25.6. The lowest BCUT2D eigenvalue weighted by molar-refractivity contribution is -0.147. The molecule has 3 aliphatic rings. The summed E-state index contributed by atoms with van der Waals surface area (Å²) in [5.74, 6) is -2.86. The number of halogens is 1. The molecule has 0 bridgehead atoms. The molecule has 0 spiro atoms. The zero-order chi connectivity index (χ0) is 26.0. The molecular formula is C31H34FNO4. The molecule has 0 amide bonds. The van der Waals surface area contributed by atoms with Gasteiger partial charge in [0.05, 0.1) is 11.5 Å². The molecule has 0 saturated carbocycles. The number of piperidine rings is 1. The van der Waals surface area contributed by atoms with Crippen LogP contribution in [0, 0.1) is 17.7 Å². The van der Waals surface area contributed by atoms with Crippen LogP contribution in [0.15, 0.2) is 89.2 Å². The Bertz CT molecular complexity index is 1230.